The van der Waals surface area contributed by atoms with E-state index in [0.29, 0.717) is 0 Å². The van der Waals surface area contributed by atoms with Crippen LogP contribution in [0.3, 0.4) is 0 Å². The number of rotatable bonds is 3. The lowest BCUT2D eigenvalue weighted by Gasteiger charge is -2.32. The molecule has 7 nitrogen and oxygen atoms in total. The zero-order valence-electron chi connectivity index (χ0n) is 14.0. The normalized spacial score (nSPS) is 24.9. The van der Waals surface area contributed by atoms with Gasteiger partial charge in [-0.3, -0.25) is 9.59 Å². The molecule has 2 aromatic rings. The van der Waals surface area contributed by atoms with Crippen molar-refractivity contribution in [2.75, 3.05) is 5.73 Å². The number of anilines is 1. The van der Waals surface area contributed by atoms with Crippen molar-refractivity contribution in [1.82, 2.24) is 0 Å². The minimum absolute atomic E-state index is 0.00763. The highest BCUT2D eigenvalue weighted by atomic mass is 19.4. The van der Waals surface area contributed by atoms with Crippen molar-refractivity contribution in [1.29, 1.82) is 0 Å². The Bertz CT molecular complexity index is 1040. The number of halogens is 3. The molecule has 10 heteroatoms. The smallest absolute Gasteiger partial charge is 0.456 e. The van der Waals surface area contributed by atoms with Crippen molar-refractivity contribution >= 4 is 17.4 Å². The van der Waals surface area contributed by atoms with Gasteiger partial charge in [0, 0.05) is 22.9 Å². The third-order valence-corrected chi connectivity index (χ3v) is 5.00. The summed E-state index contributed by atoms with van der Waals surface area (Å²) < 4.78 is 46.9. The molecule has 4 rings (SSSR count). The second-order valence-corrected chi connectivity index (χ2v) is 6.60. The van der Waals surface area contributed by atoms with Crippen molar-refractivity contribution in [3.63, 3.8) is 0 Å². The van der Waals surface area contributed by atoms with Crippen molar-refractivity contribution in [3.8, 4) is 11.5 Å². The maximum Gasteiger partial charge on any atom is 0.573 e. The molecule has 146 valence electrons. The van der Waals surface area contributed by atoms with Crippen LogP contribution in [0.1, 0.15) is 27.9 Å². The number of amides is 1. The van der Waals surface area contributed by atoms with Crippen molar-refractivity contribution in [2.45, 2.75) is 24.0 Å². The monoisotopic (exact) mass is 394 g/mol. The van der Waals surface area contributed by atoms with E-state index in [9.17, 15) is 27.9 Å². The number of benzene rings is 2. The van der Waals surface area contributed by atoms with Gasteiger partial charge < -0.3 is 26.0 Å². The van der Waals surface area contributed by atoms with Crippen LogP contribution in [0.5, 0.6) is 11.5 Å². The van der Waals surface area contributed by atoms with E-state index in [1.807, 2.05) is 0 Å². The quantitative estimate of drug-likeness (QED) is 0.681. The molecule has 0 saturated carbocycles. The topological polar surface area (TPSA) is 125 Å². The third kappa shape index (κ3) is 2.21. The molecule has 5 N–H and O–H groups in total. The van der Waals surface area contributed by atoms with Crippen LogP contribution in [0, 0.1) is 0 Å². The molecule has 0 spiro atoms. The van der Waals surface area contributed by atoms with E-state index in [0.717, 1.165) is 18.2 Å². The molecule has 1 aliphatic carbocycles. The molecule has 2 aromatic carbocycles. The summed E-state index contributed by atoms with van der Waals surface area (Å²) in [6.07, 6.45) is -5.58. The van der Waals surface area contributed by atoms with Crippen LogP contribution in [-0.2, 0) is 16.0 Å². The molecule has 0 saturated heterocycles. The molecule has 0 bridgehead atoms. The number of ketones is 1. The highest BCUT2D eigenvalue weighted by Crippen LogP contribution is 2.62. The Balaban J connectivity index is 1.94. The number of nitrogen functional groups attached to an aromatic ring is 1. The van der Waals surface area contributed by atoms with Crippen molar-refractivity contribution in [2.24, 2.45) is 5.73 Å². The molecule has 0 fully saturated rings. The summed E-state index contributed by atoms with van der Waals surface area (Å²) in [5.41, 5.74) is 9.30. The lowest BCUT2D eigenvalue weighted by molar-refractivity contribution is -0.274. The number of carbonyl (C=O) groups is 2. The molecular weight excluding hydrogens is 381 g/mol. The number of ether oxygens (including phenoxy) is 2. The van der Waals surface area contributed by atoms with Gasteiger partial charge in [0.05, 0.1) is 12.0 Å². The number of aliphatic hydroxyl groups is 1. The average Bonchev–Trinajstić information content (AvgIpc) is 2.90. The van der Waals surface area contributed by atoms with E-state index in [2.05, 4.69) is 4.74 Å². The number of fused-ring (bicyclic) bond motifs is 5. The molecule has 1 aliphatic heterocycles. The Kier molecular flexibility index (Phi) is 3.48. The molecule has 1 heterocycles. The second-order valence-electron chi connectivity index (χ2n) is 6.60. The largest absolute Gasteiger partial charge is 0.573 e. The summed E-state index contributed by atoms with van der Waals surface area (Å²) in [6, 6.07) is 7.30. The standard InChI is InChI=1S/C18H13F3N2O5/c19-18(20,21)27-8-4-5-9-12(6-8)28-17(26)10-2-1-3-11(22)14(10)15(25)16(9,17)7-13(23)24/h1-6,26H,7,22H2,(H2,23,24). The Labute approximate surface area is 155 Å². The van der Waals surface area contributed by atoms with E-state index < -0.39 is 41.4 Å². The van der Waals surface area contributed by atoms with Gasteiger partial charge in [0.1, 0.15) is 16.9 Å². The Morgan fingerprint density at radius 3 is 2.57 bits per heavy atom. The maximum absolute atomic E-state index is 13.3. The van der Waals surface area contributed by atoms with Crippen molar-refractivity contribution in [3.05, 3.63) is 53.1 Å². The molecule has 2 aliphatic rings. The number of Topliss-reactive ketones (excluding diaryl/α,β-unsaturated/α-hetero) is 1. The predicted molar refractivity (Wildman–Crippen MR) is 88.3 cm³/mol. The molecule has 2 atom stereocenters. The maximum atomic E-state index is 13.3. The first-order chi connectivity index (χ1) is 13.0. The van der Waals surface area contributed by atoms with Gasteiger partial charge in [0.15, 0.2) is 5.78 Å². The van der Waals surface area contributed by atoms with Gasteiger partial charge in [0.25, 0.3) is 5.79 Å². The number of primary amides is 1. The zero-order chi connectivity index (χ0) is 20.5. The summed E-state index contributed by atoms with van der Waals surface area (Å²) in [5, 5.41) is 11.4. The summed E-state index contributed by atoms with van der Waals surface area (Å²) in [6.45, 7) is 0. The van der Waals surface area contributed by atoms with Gasteiger partial charge in [-0.2, -0.15) is 0 Å². The lowest BCUT2D eigenvalue weighted by atomic mass is 9.71. The van der Waals surface area contributed by atoms with E-state index in [1.165, 1.54) is 18.2 Å². The molecule has 0 radical (unpaired) electrons. The number of carbonyl (C=O) groups excluding carboxylic acids is 2. The van der Waals surface area contributed by atoms with Crippen LogP contribution >= 0.6 is 0 Å². The van der Waals surface area contributed by atoms with Crippen LogP contribution in [0.15, 0.2) is 36.4 Å². The second kappa shape index (κ2) is 5.38. The molecule has 0 aromatic heterocycles. The number of hydrogen-bond acceptors (Lipinski definition) is 6. The van der Waals surface area contributed by atoms with E-state index in [-0.39, 0.29) is 28.1 Å². The van der Waals surface area contributed by atoms with Crippen LogP contribution in [0.25, 0.3) is 0 Å². The Morgan fingerprint density at radius 1 is 1.21 bits per heavy atom. The minimum Gasteiger partial charge on any atom is -0.456 e. The number of nitrogens with two attached hydrogens (primary N) is 2. The highest BCUT2D eigenvalue weighted by molar-refractivity contribution is 6.15. The summed E-state index contributed by atoms with van der Waals surface area (Å²) in [7, 11) is 0. The molecular formula is C18H13F3N2O5. The van der Waals surface area contributed by atoms with Gasteiger partial charge in [-0.1, -0.05) is 18.2 Å². The average molecular weight is 394 g/mol. The van der Waals surface area contributed by atoms with Crippen LogP contribution in [0.4, 0.5) is 18.9 Å². The number of hydrogen-bond donors (Lipinski definition) is 3. The van der Waals surface area contributed by atoms with E-state index in [1.54, 1.807) is 0 Å². The fourth-order valence-corrected chi connectivity index (χ4v) is 4.00. The van der Waals surface area contributed by atoms with Gasteiger partial charge in [-0.25, -0.2) is 0 Å². The Hall–Kier alpha value is -3.27. The molecule has 28 heavy (non-hydrogen) atoms. The van der Waals surface area contributed by atoms with Crippen LogP contribution in [0.2, 0.25) is 0 Å². The summed E-state index contributed by atoms with van der Waals surface area (Å²) in [4.78, 5) is 25.1. The first-order valence-electron chi connectivity index (χ1n) is 8.03. The first kappa shape index (κ1) is 18.1. The molecule has 1 amide bonds. The third-order valence-electron chi connectivity index (χ3n) is 5.00. The predicted octanol–water partition coefficient (Wildman–Crippen LogP) is 1.71. The van der Waals surface area contributed by atoms with Gasteiger partial charge in [-0.05, 0) is 12.1 Å². The SMILES string of the molecule is NC(=O)CC12C(=O)c3c(N)cccc3C1(O)Oc1cc(OC(F)(F)F)ccc12. The van der Waals surface area contributed by atoms with E-state index in [4.69, 9.17) is 16.2 Å². The fraction of sp³-hybridized carbons (Fsp3) is 0.222. The summed E-state index contributed by atoms with van der Waals surface area (Å²) >= 11 is 0. The zero-order valence-corrected chi connectivity index (χ0v) is 14.0. The van der Waals surface area contributed by atoms with Gasteiger partial charge in [0.2, 0.25) is 5.91 Å². The van der Waals surface area contributed by atoms with Gasteiger partial charge >= 0.3 is 6.36 Å². The molecule has 2 unspecified atom stereocenters. The first-order valence-corrected chi connectivity index (χ1v) is 8.03. The minimum atomic E-state index is -4.94. The van der Waals surface area contributed by atoms with Crippen LogP contribution in [-0.4, -0.2) is 23.2 Å². The van der Waals surface area contributed by atoms with E-state index >= 15 is 0 Å². The van der Waals surface area contributed by atoms with Crippen molar-refractivity contribution < 1.29 is 37.3 Å². The van der Waals surface area contributed by atoms with Gasteiger partial charge in [-0.15, -0.1) is 13.2 Å². The lowest BCUT2D eigenvalue weighted by Crippen LogP contribution is -2.50. The Morgan fingerprint density at radius 2 is 1.93 bits per heavy atom. The highest BCUT2D eigenvalue weighted by Gasteiger charge is 2.71. The fourth-order valence-electron chi connectivity index (χ4n) is 4.00. The van der Waals surface area contributed by atoms with Crippen LogP contribution < -0.4 is 20.9 Å². The summed E-state index contributed by atoms with van der Waals surface area (Å²) in [5.74, 6) is -4.81. The number of alkyl halides is 3.